The lowest BCUT2D eigenvalue weighted by atomic mass is 10.2. The van der Waals surface area contributed by atoms with Gasteiger partial charge < -0.3 is 9.90 Å². The van der Waals surface area contributed by atoms with Gasteiger partial charge in [-0.2, -0.15) is 0 Å². The Balaban J connectivity index is 1.99. The van der Waals surface area contributed by atoms with Crippen LogP contribution in [-0.2, 0) is 16.0 Å². The second-order valence-corrected chi connectivity index (χ2v) is 5.54. The van der Waals surface area contributed by atoms with Gasteiger partial charge in [0.25, 0.3) is 5.91 Å². The molecule has 1 aromatic rings. The van der Waals surface area contributed by atoms with E-state index in [4.69, 9.17) is 11.6 Å². The summed E-state index contributed by atoms with van der Waals surface area (Å²) in [5.74, 6) is -1.63. The summed E-state index contributed by atoms with van der Waals surface area (Å²) in [4.78, 5) is 25.8. The fraction of sp³-hybridized carbons (Fsp3) is 0.250. The molecule has 0 bridgehead atoms. The van der Waals surface area contributed by atoms with E-state index < -0.39 is 17.1 Å². The minimum atomic E-state index is -1.23. The molecule has 1 atom stereocenters. The average molecular weight is 283 g/mol. The van der Waals surface area contributed by atoms with E-state index in [-0.39, 0.29) is 6.42 Å². The maximum atomic E-state index is 11.4. The van der Waals surface area contributed by atoms with Crippen molar-refractivity contribution < 1.29 is 14.7 Å². The molecule has 0 fully saturated rings. The molecule has 0 saturated heterocycles. The molecule has 0 unspecified atom stereocenters. The largest absolute Gasteiger partial charge is 0.550 e. The summed E-state index contributed by atoms with van der Waals surface area (Å²) < 4.78 is 0. The molecule has 0 radical (unpaired) electrons. The summed E-state index contributed by atoms with van der Waals surface area (Å²) in [6, 6.07) is 7.22. The number of halogens is 1. The van der Waals surface area contributed by atoms with Gasteiger partial charge in [-0.1, -0.05) is 35.5 Å². The molecule has 0 aromatic heterocycles. The Morgan fingerprint density at radius 2 is 2.06 bits per heavy atom. The zero-order chi connectivity index (χ0) is 13.1. The van der Waals surface area contributed by atoms with Crippen molar-refractivity contribution in [3.63, 3.8) is 0 Å². The molecular formula is C12H9ClNO3S-. The summed E-state index contributed by atoms with van der Waals surface area (Å²) in [7, 11) is 0. The number of carbonyl (C=O) groups is 2. The smallest absolute Gasteiger partial charge is 0.260 e. The second kappa shape index (κ2) is 5.54. The van der Waals surface area contributed by atoms with E-state index >= 15 is 0 Å². The predicted molar refractivity (Wildman–Crippen MR) is 68.6 cm³/mol. The average Bonchev–Trinajstić information content (AvgIpc) is 2.62. The summed E-state index contributed by atoms with van der Waals surface area (Å²) in [6.45, 7) is 0. The number of carboxylic acids is 1. The predicted octanol–water partition coefficient (Wildman–Crippen LogP) is 1.06. The van der Waals surface area contributed by atoms with Gasteiger partial charge in [0.05, 0.1) is 10.3 Å². The van der Waals surface area contributed by atoms with Crippen LogP contribution in [0.5, 0.6) is 0 Å². The maximum Gasteiger partial charge on any atom is 0.260 e. The molecule has 1 amide bonds. The van der Waals surface area contributed by atoms with E-state index in [0.29, 0.717) is 16.5 Å². The van der Waals surface area contributed by atoms with E-state index in [0.717, 1.165) is 5.56 Å². The van der Waals surface area contributed by atoms with Crippen LogP contribution < -0.4 is 5.11 Å². The van der Waals surface area contributed by atoms with Crippen molar-refractivity contribution in [2.24, 2.45) is 4.99 Å². The molecule has 1 heterocycles. The molecule has 2 rings (SSSR count). The van der Waals surface area contributed by atoms with Gasteiger partial charge in [0, 0.05) is 23.8 Å². The summed E-state index contributed by atoms with van der Waals surface area (Å²) in [6.07, 6.45) is 0.217. The first-order valence-corrected chi connectivity index (χ1v) is 6.52. The SMILES string of the molecule is O=C([O-])C[C@H]1SC(Cc2ccc(Cl)cc2)=NC1=O. The van der Waals surface area contributed by atoms with E-state index in [1.807, 2.05) is 12.1 Å². The highest BCUT2D eigenvalue weighted by atomic mass is 35.5. The molecule has 0 N–H and O–H groups in total. The normalized spacial score (nSPS) is 18.8. The lowest BCUT2D eigenvalue weighted by molar-refractivity contribution is -0.305. The van der Waals surface area contributed by atoms with Crippen molar-refractivity contribution in [1.29, 1.82) is 0 Å². The minimum Gasteiger partial charge on any atom is -0.550 e. The third-order valence-corrected chi connectivity index (χ3v) is 3.82. The number of rotatable bonds is 4. The first kappa shape index (κ1) is 13.1. The number of carbonyl (C=O) groups excluding carboxylic acids is 2. The number of nitrogens with zero attached hydrogens (tertiary/aromatic N) is 1. The van der Waals surface area contributed by atoms with Crippen molar-refractivity contribution >= 4 is 40.3 Å². The lowest BCUT2D eigenvalue weighted by Gasteiger charge is -2.07. The lowest BCUT2D eigenvalue weighted by Crippen LogP contribution is -2.28. The maximum absolute atomic E-state index is 11.4. The Kier molecular flexibility index (Phi) is 4.04. The molecule has 0 aliphatic carbocycles. The minimum absolute atomic E-state index is 0.295. The Labute approximate surface area is 113 Å². The third-order valence-electron chi connectivity index (χ3n) is 2.41. The Bertz CT molecular complexity index is 513. The molecule has 1 aliphatic heterocycles. The molecule has 4 nitrogen and oxygen atoms in total. The molecule has 18 heavy (non-hydrogen) atoms. The Hall–Kier alpha value is -1.33. The van der Waals surface area contributed by atoms with Crippen molar-refractivity contribution in [1.82, 2.24) is 0 Å². The van der Waals surface area contributed by atoms with Crippen LogP contribution in [0.25, 0.3) is 0 Å². The van der Waals surface area contributed by atoms with Crippen molar-refractivity contribution in [2.45, 2.75) is 18.1 Å². The second-order valence-electron chi connectivity index (χ2n) is 3.83. The molecule has 6 heteroatoms. The van der Waals surface area contributed by atoms with E-state index in [1.165, 1.54) is 11.8 Å². The molecule has 1 aliphatic rings. The van der Waals surface area contributed by atoms with Gasteiger partial charge in [-0.25, -0.2) is 4.99 Å². The summed E-state index contributed by atoms with van der Waals surface area (Å²) >= 11 is 6.96. The van der Waals surface area contributed by atoms with Crippen LogP contribution in [0.2, 0.25) is 5.02 Å². The number of thioether (sulfide) groups is 1. The van der Waals surface area contributed by atoms with Gasteiger partial charge in [-0.05, 0) is 17.7 Å². The van der Waals surface area contributed by atoms with Gasteiger partial charge in [0.1, 0.15) is 0 Å². The molecule has 0 spiro atoms. The van der Waals surface area contributed by atoms with Crippen LogP contribution in [0.1, 0.15) is 12.0 Å². The molecule has 94 valence electrons. The van der Waals surface area contributed by atoms with Gasteiger partial charge >= 0.3 is 0 Å². The monoisotopic (exact) mass is 282 g/mol. The summed E-state index contributed by atoms with van der Waals surface area (Å²) in [5.41, 5.74) is 0.979. The fourth-order valence-corrected chi connectivity index (χ4v) is 2.79. The van der Waals surface area contributed by atoms with Crippen molar-refractivity contribution in [3.05, 3.63) is 34.9 Å². The number of carboxylic acid groups (broad SMARTS) is 1. The first-order chi connectivity index (χ1) is 8.54. The summed E-state index contributed by atoms with van der Waals surface area (Å²) in [5, 5.41) is 11.1. The fourth-order valence-electron chi connectivity index (χ4n) is 1.57. The highest BCUT2D eigenvalue weighted by Gasteiger charge is 2.28. The number of hydrogen-bond acceptors (Lipinski definition) is 4. The quantitative estimate of drug-likeness (QED) is 0.828. The van der Waals surface area contributed by atoms with E-state index in [2.05, 4.69) is 4.99 Å². The van der Waals surface area contributed by atoms with Crippen molar-refractivity contribution in [2.75, 3.05) is 0 Å². The van der Waals surface area contributed by atoms with Crippen LogP contribution in [0.4, 0.5) is 0 Å². The highest BCUT2D eigenvalue weighted by molar-refractivity contribution is 8.15. The molecule has 1 aromatic carbocycles. The Morgan fingerprint density at radius 1 is 1.39 bits per heavy atom. The first-order valence-electron chi connectivity index (χ1n) is 5.27. The van der Waals surface area contributed by atoms with Crippen LogP contribution in [-0.4, -0.2) is 22.2 Å². The standard InChI is InChI=1S/C12H10ClNO3S/c13-8-3-1-7(2-4-8)5-10-14-12(17)9(18-10)6-11(15)16/h1-4,9H,5-6H2,(H,15,16)/p-1/t9-/m1/s1. The molecule has 0 saturated carbocycles. The van der Waals surface area contributed by atoms with Crippen LogP contribution in [0, 0.1) is 0 Å². The highest BCUT2D eigenvalue weighted by Crippen LogP contribution is 2.27. The van der Waals surface area contributed by atoms with Crippen molar-refractivity contribution in [3.8, 4) is 0 Å². The zero-order valence-corrected chi connectivity index (χ0v) is 10.8. The van der Waals surface area contributed by atoms with Gasteiger partial charge in [-0.15, -0.1) is 0 Å². The van der Waals surface area contributed by atoms with Crippen LogP contribution in [0.15, 0.2) is 29.3 Å². The zero-order valence-electron chi connectivity index (χ0n) is 9.26. The van der Waals surface area contributed by atoms with E-state index in [9.17, 15) is 14.7 Å². The topological polar surface area (TPSA) is 69.6 Å². The number of hydrogen-bond donors (Lipinski definition) is 0. The third kappa shape index (κ3) is 3.34. The van der Waals surface area contributed by atoms with Gasteiger partial charge in [0.2, 0.25) is 0 Å². The number of aliphatic carboxylic acids is 1. The van der Waals surface area contributed by atoms with Gasteiger partial charge in [0.15, 0.2) is 0 Å². The number of amides is 1. The van der Waals surface area contributed by atoms with Crippen LogP contribution in [0.3, 0.4) is 0 Å². The number of aliphatic imine (C=N–C) groups is 1. The van der Waals surface area contributed by atoms with E-state index in [1.54, 1.807) is 12.1 Å². The Morgan fingerprint density at radius 3 is 2.67 bits per heavy atom. The van der Waals surface area contributed by atoms with Gasteiger partial charge in [-0.3, -0.25) is 4.79 Å². The molecular weight excluding hydrogens is 274 g/mol. The van der Waals surface area contributed by atoms with Crippen LogP contribution >= 0.6 is 23.4 Å². The number of benzene rings is 1.